The van der Waals surface area contributed by atoms with E-state index < -0.39 is 5.91 Å². The summed E-state index contributed by atoms with van der Waals surface area (Å²) in [4.78, 5) is 28.5. The summed E-state index contributed by atoms with van der Waals surface area (Å²) >= 11 is 12.0. The van der Waals surface area contributed by atoms with E-state index in [1.54, 1.807) is 18.2 Å². The van der Waals surface area contributed by atoms with Crippen LogP contribution in [0.3, 0.4) is 0 Å². The van der Waals surface area contributed by atoms with E-state index >= 15 is 0 Å². The van der Waals surface area contributed by atoms with Crippen molar-refractivity contribution >= 4 is 40.7 Å². The van der Waals surface area contributed by atoms with Crippen molar-refractivity contribution in [1.82, 2.24) is 10.3 Å². The maximum absolute atomic E-state index is 12.4. The first-order valence-corrected chi connectivity index (χ1v) is 8.77. The molecule has 7 heteroatoms. The summed E-state index contributed by atoms with van der Waals surface area (Å²) in [5, 5.41) is 6.09. The van der Waals surface area contributed by atoms with Crippen molar-refractivity contribution in [3.63, 3.8) is 0 Å². The SMILES string of the molecule is CCCCCNC(=O)c1cncc(C(=O)Nc2cccc(Cl)c2Cl)c1. The van der Waals surface area contributed by atoms with E-state index in [9.17, 15) is 9.59 Å². The number of aromatic nitrogens is 1. The van der Waals surface area contributed by atoms with Gasteiger partial charge in [0.25, 0.3) is 11.8 Å². The zero-order chi connectivity index (χ0) is 18.2. The van der Waals surface area contributed by atoms with E-state index in [4.69, 9.17) is 23.2 Å². The number of unbranched alkanes of at least 4 members (excludes halogenated alkanes) is 2. The van der Waals surface area contributed by atoms with Crippen molar-refractivity contribution in [1.29, 1.82) is 0 Å². The fourth-order valence-corrected chi connectivity index (χ4v) is 2.51. The zero-order valence-electron chi connectivity index (χ0n) is 13.8. The maximum atomic E-state index is 12.4. The van der Waals surface area contributed by atoms with Crippen LogP contribution in [-0.2, 0) is 0 Å². The normalized spacial score (nSPS) is 10.4. The molecule has 0 unspecified atom stereocenters. The smallest absolute Gasteiger partial charge is 0.257 e. The quantitative estimate of drug-likeness (QED) is 0.692. The standard InChI is InChI=1S/C18H19Cl2N3O2/c1-2-3-4-8-22-17(24)12-9-13(11-21-10-12)18(25)23-15-7-5-6-14(19)16(15)20/h5-7,9-11H,2-4,8H2,1H3,(H,22,24)(H,23,25). The van der Waals surface area contributed by atoms with E-state index in [1.165, 1.54) is 18.5 Å². The predicted molar refractivity (Wildman–Crippen MR) is 101 cm³/mol. The van der Waals surface area contributed by atoms with Gasteiger partial charge in [-0.05, 0) is 24.6 Å². The molecule has 2 rings (SSSR count). The van der Waals surface area contributed by atoms with Crippen LogP contribution in [0.1, 0.15) is 46.9 Å². The predicted octanol–water partition coefficient (Wildman–Crippen LogP) is 4.56. The van der Waals surface area contributed by atoms with Crippen LogP contribution in [0.5, 0.6) is 0 Å². The van der Waals surface area contributed by atoms with E-state index in [-0.39, 0.29) is 16.5 Å². The summed E-state index contributed by atoms with van der Waals surface area (Å²) < 4.78 is 0. The molecule has 5 nitrogen and oxygen atoms in total. The molecule has 0 fully saturated rings. The monoisotopic (exact) mass is 379 g/mol. The molecular formula is C18H19Cl2N3O2. The molecule has 0 atom stereocenters. The minimum absolute atomic E-state index is 0.251. The van der Waals surface area contributed by atoms with Crippen LogP contribution >= 0.6 is 23.2 Å². The van der Waals surface area contributed by atoms with Gasteiger partial charge in [0.1, 0.15) is 0 Å². The number of hydrogen-bond donors (Lipinski definition) is 2. The molecule has 0 saturated heterocycles. The van der Waals surface area contributed by atoms with Crippen molar-refractivity contribution in [2.24, 2.45) is 0 Å². The summed E-state index contributed by atoms with van der Waals surface area (Å²) in [6, 6.07) is 6.45. The summed E-state index contributed by atoms with van der Waals surface area (Å²) in [5.41, 5.74) is 0.993. The van der Waals surface area contributed by atoms with Crippen LogP contribution in [0.2, 0.25) is 10.0 Å². The average Bonchev–Trinajstić information content (AvgIpc) is 2.62. The zero-order valence-corrected chi connectivity index (χ0v) is 15.3. The number of nitrogens with zero attached hydrogens (tertiary/aromatic N) is 1. The van der Waals surface area contributed by atoms with Gasteiger partial charge in [-0.1, -0.05) is 49.0 Å². The van der Waals surface area contributed by atoms with Gasteiger partial charge in [0.2, 0.25) is 0 Å². The molecule has 0 bridgehead atoms. The van der Waals surface area contributed by atoms with Crippen molar-refractivity contribution in [3.8, 4) is 0 Å². The van der Waals surface area contributed by atoms with Crippen LogP contribution in [-0.4, -0.2) is 23.3 Å². The van der Waals surface area contributed by atoms with Gasteiger partial charge in [0.05, 0.1) is 26.9 Å². The van der Waals surface area contributed by atoms with Crippen molar-refractivity contribution in [3.05, 3.63) is 57.8 Å². The molecule has 0 aliphatic carbocycles. The van der Waals surface area contributed by atoms with E-state index in [0.29, 0.717) is 22.8 Å². The van der Waals surface area contributed by atoms with Gasteiger partial charge >= 0.3 is 0 Å². The highest BCUT2D eigenvalue weighted by molar-refractivity contribution is 6.44. The molecule has 0 aliphatic heterocycles. The Bertz CT molecular complexity index is 766. The Hall–Kier alpha value is -2.11. The lowest BCUT2D eigenvalue weighted by molar-refractivity contribution is 0.0952. The molecule has 0 aliphatic rings. The summed E-state index contributed by atoms with van der Waals surface area (Å²) in [6.07, 6.45) is 5.88. The molecule has 1 aromatic carbocycles. The minimum atomic E-state index is -0.419. The lowest BCUT2D eigenvalue weighted by atomic mass is 10.1. The lowest BCUT2D eigenvalue weighted by Crippen LogP contribution is -2.25. The highest BCUT2D eigenvalue weighted by Gasteiger charge is 2.13. The number of carbonyl (C=O) groups is 2. The van der Waals surface area contributed by atoms with E-state index in [1.807, 2.05) is 0 Å². The fraction of sp³-hybridized carbons (Fsp3) is 0.278. The summed E-state index contributed by atoms with van der Waals surface area (Å²) in [6.45, 7) is 2.70. The van der Waals surface area contributed by atoms with Crippen LogP contribution in [0, 0.1) is 0 Å². The highest BCUT2D eigenvalue weighted by atomic mass is 35.5. The Morgan fingerprint density at radius 3 is 2.52 bits per heavy atom. The maximum Gasteiger partial charge on any atom is 0.257 e. The Morgan fingerprint density at radius 1 is 1.08 bits per heavy atom. The van der Waals surface area contributed by atoms with Crippen LogP contribution in [0.15, 0.2) is 36.7 Å². The number of hydrogen-bond acceptors (Lipinski definition) is 3. The number of rotatable bonds is 7. The Labute approximate surface area is 156 Å². The van der Waals surface area contributed by atoms with Gasteiger partial charge in [0.15, 0.2) is 0 Å². The first-order chi connectivity index (χ1) is 12.0. The summed E-state index contributed by atoms with van der Waals surface area (Å²) in [5.74, 6) is -0.670. The van der Waals surface area contributed by atoms with Crippen LogP contribution < -0.4 is 10.6 Å². The topological polar surface area (TPSA) is 71.1 Å². The Morgan fingerprint density at radius 2 is 1.80 bits per heavy atom. The van der Waals surface area contributed by atoms with Gasteiger partial charge in [-0.25, -0.2) is 0 Å². The second kappa shape index (κ2) is 9.39. The first kappa shape index (κ1) is 19.2. The number of amides is 2. The third-order valence-electron chi connectivity index (χ3n) is 3.53. The molecular weight excluding hydrogens is 361 g/mol. The lowest BCUT2D eigenvalue weighted by Gasteiger charge is -2.09. The molecule has 1 aromatic heterocycles. The second-order valence-electron chi connectivity index (χ2n) is 5.48. The van der Waals surface area contributed by atoms with Gasteiger partial charge in [-0.3, -0.25) is 14.6 Å². The number of pyridine rings is 1. The van der Waals surface area contributed by atoms with Crippen molar-refractivity contribution in [2.75, 3.05) is 11.9 Å². The number of carbonyl (C=O) groups excluding carboxylic acids is 2. The number of halogens is 2. The Balaban J connectivity index is 2.06. The number of nitrogens with one attached hydrogen (secondary N) is 2. The largest absolute Gasteiger partial charge is 0.352 e. The first-order valence-electron chi connectivity index (χ1n) is 8.01. The summed E-state index contributed by atoms with van der Waals surface area (Å²) in [7, 11) is 0. The second-order valence-corrected chi connectivity index (χ2v) is 6.27. The van der Waals surface area contributed by atoms with Gasteiger partial charge in [-0.15, -0.1) is 0 Å². The minimum Gasteiger partial charge on any atom is -0.352 e. The molecule has 0 radical (unpaired) electrons. The molecule has 2 amide bonds. The average molecular weight is 380 g/mol. The number of anilines is 1. The van der Waals surface area contributed by atoms with Gasteiger partial charge in [-0.2, -0.15) is 0 Å². The van der Waals surface area contributed by atoms with Crippen LogP contribution in [0.25, 0.3) is 0 Å². The van der Waals surface area contributed by atoms with Gasteiger partial charge < -0.3 is 10.6 Å². The van der Waals surface area contributed by atoms with E-state index in [0.717, 1.165) is 19.3 Å². The third kappa shape index (κ3) is 5.44. The molecule has 2 N–H and O–H groups in total. The molecule has 132 valence electrons. The molecule has 0 saturated carbocycles. The van der Waals surface area contributed by atoms with Gasteiger partial charge in [0, 0.05) is 18.9 Å². The number of benzene rings is 1. The Kier molecular flexibility index (Phi) is 7.22. The van der Waals surface area contributed by atoms with Crippen molar-refractivity contribution in [2.45, 2.75) is 26.2 Å². The fourth-order valence-electron chi connectivity index (χ4n) is 2.16. The molecule has 1 heterocycles. The molecule has 0 spiro atoms. The molecule has 25 heavy (non-hydrogen) atoms. The van der Waals surface area contributed by atoms with Crippen LogP contribution in [0.4, 0.5) is 5.69 Å². The van der Waals surface area contributed by atoms with E-state index in [2.05, 4.69) is 22.5 Å². The van der Waals surface area contributed by atoms with Crippen molar-refractivity contribution < 1.29 is 9.59 Å². The third-order valence-corrected chi connectivity index (χ3v) is 4.35. The molecule has 2 aromatic rings. The highest BCUT2D eigenvalue weighted by Crippen LogP contribution is 2.29.